The lowest BCUT2D eigenvalue weighted by Crippen LogP contribution is -2.36. The predicted octanol–water partition coefficient (Wildman–Crippen LogP) is 4.52. The molecule has 1 heterocycles. The van der Waals surface area contributed by atoms with E-state index in [1.54, 1.807) is 7.11 Å². The van der Waals surface area contributed by atoms with Crippen LogP contribution in [0.4, 0.5) is 0 Å². The molecule has 4 nitrogen and oxygen atoms in total. The molecule has 0 radical (unpaired) electrons. The van der Waals surface area contributed by atoms with E-state index in [1.165, 1.54) is 31.2 Å². The standard InChI is InChI=1S/C23H38N2O2/c1-4-24(20(2)19-21-12-14-22(27-3)15-13-21)16-8-5-6-9-17-25-18-10-7-11-23(25)26/h12-15,20H,4-11,16-19H2,1-3H3. The third-order valence-electron chi connectivity index (χ3n) is 5.76. The van der Waals surface area contributed by atoms with Gasteiger partial charge in [-0.3, -0.25) is 4.79 Å². The second-order valence-corrected chi connectivity index (χ2v) is 7.78. The van der Waals surface area contributed by atoms with E-state index in [-0.39, 0.29) is 0 Å². The van der Waals surface area contributed by atoms with Crippen molar-refractivity contribution in [1.82, 2.24) is 9.80 Å². The molecule has 0 spiro atoms. The average Bonchev–Trinajstić information content (AvgIpc) is 2.69. The van der Waals surface area contributed by atoms with E-state index in [0.717, 1.165) is 57.6 Å². The van der Waals surface area contributed by atoms with Crippen molar-refractivity contribution in [1.29, 1.82) is 0 Å². The molecule has 4 heteroatoms. The Morgan fingerprint density at radius 3 is 2.52 bits per heavy atom. The molecule has 1 unspecified atom stereocenters. The first-order valence-electron chi connectivity index (χ1n) is 10.8. The first kappa shape index (κ1) is 21.7. The molecule has 2 rings (SSSR count). The fourth-order valence-corrected chi connectivity index (χ4v) is 3.99. The number of piperidine rings is 1. The number of carbonyl (C=O) groups excluding carboxylic acids is 1. The van der Waals surface area contributed by atoms with Crippen LogP contribution in [0, 0.1) is 0 Å². The minimum Gasteiger partial charge on any atom is -0.497 e. The number of likely N-dealkylation sites (N-methyl/N-ethyl adjacent to an activating group) is 1. The zero-order valence-corrected chi connectivity index (χ0v) is 17.6. The summed E-state index contributed by atoms with van der Waals surface area (Å²) < 4.78 is 5.24. The van der Waals surface area contributed by atoms with Gasteiger partial charge in [0.25, 0.3) is 0 Å². The Morgan fingerprint density at radius 1 is 1.11 bits per heavy atom. The van der Waals surface area contributed by atoms with Crippen molar-refractivity contribution in [3.8, 4) is 5.75 Å². The van der Waals surface area contributed by atoms with Crippen LogP contribution < -0.4 is 4.74 Å². The molecule has 1 aromatic carbocycles. The van der Waals surface area contributed by atoms with Gasteiger partial charge in [0.15, 0.2) is 0 Å². The molecule has 0 saturated carbocycles. The normalized spacial score (nSPS) is 16.0. The second kappa shape index (κ2) is 12.0. The summed E-state index contributed by atoms with van der Waals surface area (Å²) >= 11 is 0. The molecule has 0 N–H and O–H groups in total. The van der Waals surface area contributed by atoms with E-state index >= 15 is 0 Å². The van der Waals surface area contributed by atoms with Crippen molar-refractivity contribution in [2.45, 2.75) is 71.3 Å². The van der Waals surface area contributed by atoms with E-state index in [9.17, 15) is 4.79 Å². The van der Waals surface area contributed by atoms with Crippen LogP contribution in [0.2, 0.25) is 0 Å². The molecule has 0 aromatic heterocycles. The Bertz CT molecular complexity index is 544. The van der Waals surface area contributed by atoms with Gasteiger partial charge in [0, 0.05) is 25.6 Å². The maximum atomic E-state index is 11.8. The van der Waals surface area contributed by atoms with Crippen molar-refractivity contribution in [3.63, 3.8) is 0 Å². The number of rotatable bonds is 12. The molecular formula is C23H38N2O2. The molecule has 1 saturated heterocycles. The second-order valence-electron chi connectivity index (χ2n) is 7.78. The predicted molar refractivity (Wildman–Crippen MR) is 112 cm³/mol. The van der Waals surface area contributed by atoms with Crippen molar-refractivity contribution in [2.75, 3.05) is 33.3 Å². The largest absolute Gasteiger partial charge is 0.497 e. The minimum atomic E-state index is 0.366. The lowest BCUT2D eigenvalue weighted by Gasteiger charge is -2.28. The molecule has 1 aliphatic heterocycles. The summed E-state index contributed by atoms with van der Waals surface area (Å²) in [7, 11) is 1.71. The SMILES string of the molecule is CCN(CCCCCCN1CCCCC1=O)C(C)Cc1ccc(OC)cc1. The molecule has 27 heavy (non-hydrogen) atoms. The van der Waals surface area contributed by atoms with Gasteiger partial charge in [-0.1, -0.05) is 31.9 Å². The number of nitrogens with zero attached hydrogens (tertiary/aromatic N) is 2. The van der Waals surface area contributed by atoms with Gasteiger partial charge in [-0.05, 0) is 69.8 Å². The zero-order valence-electron chi connectivity index (χ0n) is 17.6. The van der Waals surface area contributed by atoms with Crippen LogP contribution in [-0.4, -0.2) is 55.0 Å². The first-order valence-corrected chi connectivity index (χ1v) is 10.8. The lowest BCUT2D eigenvalue weighted by atomic mass is 10.0. The Labute approximate surface area is 165 Å². The van der Waals surface area contributed by atoms with Crippen molar-refractivity contribution < 1.29 is 9.53 Å². The topological polar surface area (TPSA) is 32.8 Å². The van der Waals surface area contributed by atoms with Crippen LogP contribution in [0.1, 0.15) is 64.4 Å². The Kier molecular flexibility index (Phi) is 9.68. The maximum Gasteiger partial charge on any atom is 0.222 e. The third-order valence-corrected chi connectivity index (χ3v) is 5.76. The van der Waals surface area contributed by atoms with Gasteiger partial charge in [-0.15, -0.1) is 0 Å². The van der Waals surface area contributed by atoms with Crippen molar-refractivity contribution >= 4 is 5.91 Å². The van der Waals surface area contributed by atoms with Crippen LogP contribution in [0.25, 0.3) is 0 Å². The highest BCUT2D eigenvalue weighted by Crippen LogP contribution is 2.16. The van der Waals surface area contributed by atoms with Gasteiger partial charge in [0.1, 0.15) is 5.75 Å². The quantitative estimate of drug-likeness (QED) is 0.504. The molecule has 152 valence electrons. The molecule has 1 fully saturated rings. The highest BCUT2D eigenvalue weighted by molar-refractivity contribution is 5.76. The van der Waals surface area contributed by atoms with Crippen molar-refractivity contribution in [3.05, 3.63) is 29.8 Å². The zero-order chi connectivity index (χ0) is 19.5. The lowest BCUT2D eigenvalue weighted by molar-refractivity contribution is -0.133. The van der Waals surface area contributed by atoms with Crippen LogP contribution in [-0.2, 0) is 11.2 Å². The number of hydrogen-bond acceptors (Lipinski definition) is 3. The van der Waals surface area contributed by atoms with Gasteiger partial charge < -0.3 is 14.5 Å². The first-order chi connectivity index (χ1) is 13.1. The summed E-state index contributed by atoms with van der Waals surface area (Å²) in [5, 5.41) is 0. The number of hydrogen-bond donors (Lipinski definition) is 0. The van der Waals surface area contributed by atoms with E-state index in [4.69, 9.17) is 4.74 Å². The Hall–Kier alpha value is -1.55. The highest BCUT2D eigenvalue weighted by atomic mass is 16.5. The monoisotopic (exact) mass is 374 g/mol. The van der Waals surface area contributed by atoms with Gasteiger partial charge in [-0.2, -0.15) is 0 Å². The number of ether oxygens (including phenoxy) is 1. The fourth-order valence-electron chi connectivity index (χ4n) is 3.99. The summed E-state index contributed by atoms with van der Waals surface area (Å²) in [5.74, 6) is 1.29. The van der Waals surface area contributed by atoms with E-state index in [1.807, 2.05) is 12.1 Å². The van der Waals surface area contributed by atoms with Gasteiger partial charge >= 0.3 is 0 Å². The smallest absolute Gasteiger partial charge is 0.222 e. The van der Waals surface area contributed by atoms with Crippen molar-refractivity contribution in [2.24, 2.45) is 0 Å². The number of benzene rings is 1. The highest BCUT2D eigenvalue weighted by Gasteiger charge is 2.17. The molecule has 1 aromatic rings. The Balaban J connectivity index is 1.61. The number of methoxy groups -OCH3 is 1. The molecular weight excluding hydrogens is 336 g/mol. The molecule has 1 aliphatic rings. The third kappa shape index (κ3) is 7.53. The summed E-state index contributed by atoms with van der Waals surface area (Å²) in [6, 6.07) is 8.99. The maximum absolute atomic E-state index is 11.8. The summed E-state index contributed by atoms with van der Waals surface area (Å²) in [4.78, 5) is 16.5. The van der Waals surface area contributed by atoms with Gasteiger partial charge in [-0.25, -0.2) is 0 Å². The summed E-state index contributed by atoms with van der Waals surface area (Å²) in [5.41, 5.74) is 1.37. The molecule has 0 aliphatic carbocycles. The van der Waals surface area contributed by atoms with Crippen LogP contribution in [0.15, 0.2) is 24.3 Å². The molecule has 1 amide bonds. The number of unbranched alkanes of at least 4 members (excludes halogenated alkanes) is 3. The van der Waals surface area contributed by atoms with E-state index in [2.05, 4.69) is 35.8 Å². The number of carbonyl (C=O) groups is 1. The number of likely N-dealkylation sites (tertiary alicyclic amines) is 1. The van der Waals surface area contributed by atoms with Gasteiger partial charge in [0.2, 0.25) is 5.91 Å². The van der Waals surface area contributed by atoms with E-state index < -0.39 is 0 Å². The Morgan fingerprint density at radius 2 is 1.85 bits per heavy atom. The minimum absolute atomic E-state index is 0.366. The van der Waals surface area contributed by atoms with Crippen LogP contribution >= 0.6 is 0 Å². The van der Waals surface area contributed by atoms with Crippen LogP contribution in [0.5, 0.6) is 5.75 Å². The number of amides is 1. The van der Waals surface area contributed by atoms with Gasteiger partial charge in [0.05, 0.1) is 7.11 Å². The fraction of sp³-hybridized carbons (Fsp3) is 0.696. The molecule has 0 bridgehead atoms. The summed E-state index contributed by atoms with van der Waals surface area (Å²) in [6.07, 6.45) is 8.99. The van der Waals surface area contributed by atoms with E-state index in [0.29, 0.717) is 11.9 Å². The van der Waals surface area contributed by atoms with Crippen LogP contribution in [0.3, 0.4) is 0 Å². The molecule has 1 atom stereocenters. The average molecular weight is 375 g/mol. The summed E-state index contributed by atoms with van der Waals surface area (Å²) in [6.45, 7) is 8.79.